The molecule has 1 atom stereocenters. The smallest absolute Gasteiger partial charge is 0.276 e. The summed E-state index contributed by atoms with van der Waals surface area (Å²) >= 11 is 3.26. The van der Waals surface area contributed by atoms with E-state index in [1.54, 1.807) is 12.3 Å². The molecule has 1 fully saturated rings. The molecule has 86 valence electrons. The number of hydrogen-bond donors (Lipinski definition) is 1. The standard InChI is InChI=1S/C11H13BrN2O2/c1-2-7-3-10(15)14(6-7)11(16)9-4-8(12)5-13-9/h4-5,7,13H,2-3,6H2,1H3. The highest BCUT2D eigenvalue weighted by molar-refractivity contribution is 9.10. The fourth-order valence-corrected chi connectivity index (χ4v) is 2.23. The van der Waals surface area contributed by atoms with Crippen LogP contribution < -0.4 is 0 Å². The van der Waals surface area contributed by atoms with E-state index < -0.39 is 0 Å². The van der Waals surface area contributed by atoms with Gasteiger partial charge < -0.3 is 4.98 Å². The number of halogens is 1. The molecule has 0 saturated carbocycles. The number of amides is 2. The lowest BCUT2D eigenvalue weighted by molar-refractivity contribution is -0.125. The molecule has 0 radical (unpaired) electrons. The molecule has 0 aliphatic carbocycles. The number of nitrogens with one attached hydrogen (secondary N) is 1. The van der Waals surface area contributed by atoms with Crippen molar-refractivity contribution in [2.24, 2.45) is 5.92 Å². The van der Waals surface area contributed by atoms with Crippen LogP contribution in [0.15, 0.2) is 16.7 Å². The highest BCUT2D eigenvalue weighted by Crippen LogP contribution is 2.22. The predicted octanol–water partition coefficient (Wildman–Crippen LogP) is 2.18. The molecule has 4 nitrogen and oxygen atoms in total. The second-order valence-corrected chi connectivity index (χ2v) is 4.94. The Morgan fingerprint density at radius 3 is 2.94 bits per heavy atom. The Morgan fingerprint density at radius 1 is 1.69 bits per heavy atom. The molecule has 2 rings (SSSR count). The normalized spacial score (nSPS) is 20.5. The number of H-pyrrole nitrogens is 1. The number of likely N-dealkylation sites (tertiary alicyclic amines) is 1. The van der Waals surface area contributed by atoms with Gasteiger partial charge in [0, 0.05) is 23.6 Å². The van der Waals surface area contributed by atoms with Gasteiger partial charge in [0.15, 0.2) is 0 Å². The van der Waals surface area contributed by atoms with E-state index in [2.05, 4.69) is 20.9 Å². The first-order valence-electron chi connectivity index (χ1n) is 5.30. The minimum Gasteiger partial charge on any atom is -0.356 e. The minimum absolute atomic E-state index is 0.0671. The lowest BCUT2D eigenvalue weighted by atomic mass is 10.1. The van der Waals surface area contributed by atoms with E-state index in [1.165, 1.54) is 4.90 Å². The van der Waals surface area contributed by atoms with Crippen molar-refractivity contribution < 1.29 is 9.59 Å². The Bertz CT molecular complexity index is 427. The summed E-state index contributed by atoms with van der Waals surface area (Å²) in [6, 6.07) is 1.69. The average molecular weight is 285 g/mol. The fraction of sp³-hybridized carbons (Fsp3) is 0.455. The van der Waals surface area contributed by atoms with Crippen molar-refractivity contribution in [1.82, 2.24) is 9.88 Å². The van der Waals surface area contributed by atoms with Crippen LogP contribution in [0.1, 0.15) is 30.3 Å². The molecule has 0 bridgehead atoms. The Balaban J connectivity index is 2.14. The molecule has 1 aromatic rings. The highest BCUT2D eigenvalue weighted by atomic mass is 79.9. The van der Waals surface area contributed by atoms with Crippen LogP contribution in [0, 0.1) is 5.92 Å². The van der Waals surface area contributed by atoms with Gasteiger partial charge in [-0.1, -0.05) is 13.3 Å². The van der Waals surface area contributed by atoms with Crippen molar-refractivity contribution in [3.05, 3.63) is 22.4 Å². The maximum Gasteiger partial charge on any atom is 0.276 e. The largest absolute Gasteiger partial charge is 0.356 e. The van der Waals surface area contributed by atoms with Crippen molar-refractivity contribution in [3.63, 3.8) is 0 Å². The van der Waals surface area contributed by atoms with Gasteiger partial charge in [-0.05, 0) is 27.9 Å². The predicted molar refractivity (Wildman–Crippen MR) is 62.9 cm³/mol. The molecule has 1 aromatic heterocycles. The number of carbonyl (C=O) groups is 2. The summed E-state index contributed by atoms with van der Waals surface area (Å²) in [5, 5.41) is 0. The minimum atomic E-state index is -0.230. The van der Waals surface area contributed by atoms with Crippen molar-refractivity contribution in [2.75, 3.05) is 6.54 Å². The monoisotopic (exact) mass is 284 g/mol. The van der Waals surface area contributed by atoms with Gasteiger partial charge >= 0.3 is 0 Å². The molecule has 16 heavy (non-hydrogen) atoms. The SMILES string of the molecule is CCC1CC(=O)N(C(=O)c2cc(Br)c[nH]2)C1. The lowest BCUT2D eigenvalue weighted by Crippen LogP contribution is -2.32. The van der Waals surface area contributed by atoms with E-state index in [-0.39, 0.29) is 11.8 Å². The van der Waals surface area contributed by atoms with Crippen LogP contribution >= 0.6 is 15.9 Å². The molecule has 1 aliphatic heterocycles. The van der Waals surface area contributed by atoms with Crippen LogP contribution in [-0.2, 0) is 4.79 Å². The number of aromatic amines is 1. The Hall–Kier alpha value is -1.10. The third-order valence-corrected chi connectivity index (χ3v) is 3.36. The zero-order valence-electron chi connectivity index (χ0n) is 9.00. The third kappa shape index (κ3) is 2.04. The number of nitrogens with zero attached hydrogens (tertiary/aromatic N) is 1. The van der Waals surface area contributed by atoms with Gasteiger partial charge in [-0.15, -0.1) is 0 Å². The molecule has 1 saturated heterocycles. The van der Waals surface area contributed by atoms with Gasteiger partial charge in [0.1, 0.15) is 5.69 Å². The van der Waals surface area contributed by atoms with Crippen molar-refractivity contribution in [2.45, 2.75) is 19.8 Å². The van der Waals surface area contributed by atoms with Crippen molar-refractivity contribution >= 4 is 27.7 Å². The first-order chi connectivity index (χ1) is 7.61. The first kappa shape index (κ1) is 11.4. The molecular weight excluding hydrogens is 272 g/mol. The molecule has 5 heteroatoms. The van der Waals surface area contributed by atoms with E-state index >= 15 is 0 Å². The molecule has 2 heterocycles. The number of aromatic nitrogens is 1. The number of hydrogen-bond acceptors (Lipinski definition) is 2. The maximum absolute atomic E-state index is 12.0. The van der Waals surface area contributed by atoms with Gasteiger partial charge in [0.05, 0.1) is 0 Å². The molecule has 1 N–H and O–H groups in total. The summed E-state index contributed by atoms with van der Waals surface area (Å²) in [4.78, 5) is 27.8. The van der Waals surface area contributed by atoms with E-state index in [0.29, 0.717) is 24.6 Å². The van der Waals surface area contributed by atoms with Crippen LogP contribution in [0.5, 0.6) is 0 Å². The topological polar surface area (TPSA) is 53.2 Å². The number of rotatable bonds is 2. The van der Waals surface area contributed by atoms with Crippen molar-refractivity contribution in [3.8, 4) is 0 Å². The summed E-state index contributed by atoms with van der Waals surface area (Å²) in [7, 11) is 0. The van der Waals surface area contributed by atoms with E-state index in [9.17, 15) is 9.59 Å². The molecule has 0 spiro atoms. The van der Waals surface area contributed by atoms with Crippen LogP contribution in [0.4, 0.5) is 0 Å². The first-order valence-corrected chi connectivity index (χ1v) is 6.09. The van der Waals surface area contributed by atoms with Crippen molar-refractivity contribution in [1.29, 1.82) is 0 Å². The second-order valence-electron chi connectivity index (χ2n) is 4.02. The van der Waals surface area contributed by atoms with Gasteiger partial charge in [0.25, 0.3) is 5.91 Å². The molecule has 1 unspecified atom stereocenters. The van der Waals surface area contributed by atoms with Gasteiger partial charge in [-0.25, -0.2) is 0 Å². The van der Waals surface area contributed by atoms with E-state index in [4.69, 9.17) is 0 Å². The third-order valence-electron chi connectivity index (χ3n) is 2.91. The summed E-state index contributed by atoms with van der Waals surface area (Å²) in [6.07, 6.45) is 3.11. The van der Waals surface area contributed by atoms with Crippen LogP contribution in [0.3, 0.4) is 0 Å². The summed E-state index contributed by atoms with van der Waals surface area (Å²) in [5.41, 5.74) is 0.456. The van der Waals surface area contributed by atoms with Gasteiger partial charge in [-0.2, -0.15) is 0 Å². The summed E-state index contributed by atoms with van der Waals surface area (Å²) < 4.78 is 0.814. The average Bonchev–Trinajstić information content (AvgIpc) is 2.83. The highest BCUT2D eigenvalue weighted by Gasteiger charge is 2.33. The van der Waals surface area contributed by atoms with Gasteiger partial charge in [0.2, 0.25) is 5.91 Å². The fourth-order valence-electron chi connectivity index (χ4n) is 1.89. The van der Waals surface area contributed by atoms with E-state index in [0.717, 1.165) is 10.9 Å². The second kappa shape index (κ2) is 4.41. The quantitative estimate of drug-likeness (QED) is 0.847. The van der Waals surface area contributed by atoms with Crippen LogP contribution in [0.25, 0.3) is 0 Å². The maximum atomic E-state index is 12.0. The Kier molecular flexibility index (Phi) is 3.14. The van der Waals surface area contributed by atoms with Crippen LogP contribution in [-0.4, -0.2) is 28.2 Å². The molecular formula is C11H13BrN2O2. The van der Waals surface area contributed by atoms with Crippen LogP contribution in [0.2, 0.25) is 0 Å². The molecule has 1 aliphatic rings. The van der Waals surface area contributed by atoms with Gasteiger partial charge in [-0.3, -0.25) is 14.5 Å². The zero-order chi connectivity index (χ0) is 11.7. The molecule has 2 amide bonds. The molecule has 0 aromatic carbocycles. The number of carbonyl (C=O) groups excluding carboxylic acids is 2. The van der Waals surface area contributed by atoms with E-state index in [1.807, 2.05) is 6.92 Å². The summed E-state index contributed by atoms with van der Waals surface area (Å²) in [6.45, 7) is 2.59. The Labute approximate surface area is 102 Å². The number of imide groups is 1. The summed E-state index contributed by atoms with van der Waals surface area (Å²) in [5.74, 6) is 0.0177. The Morgan fingerprint density at radius 2 is 2.44 bits per heavy atom. The zero-order valence-corrected chi connectivity index (χ0v) is 10.6. The lowest BCUT2D eigenvalue weighted by Gasteiger charge is -2.13.